The van der Waals surface area contributed by atoms with Gasteiger partial charge in [0.15, 0.2) is 0 Å². The second kappa shape index (κ2) is 3.25. The first-order chi connectivity index (χ1) is 6.18. The lowest BCUT2D eigenvalue weighted by Gasteiger charge is -2.07. The van der Waals surface area contributed by atoms with E-state index in [1.807, 2.05) is 6.07 Å². The van der Waals surface area contributed by atoms with Gasteiger partial charge < -0.3 is 4.74 Å². The van der Waals surface area contributed by atoms with Gasteiger partial charge in [0, 0.05) is 10.9 Å². The maximum absolute atomic E-state index is 12.5. The van der Waals surface area contributed by atoms with Crippen molar-refractivity contribution >= 4 is 15.9 Å². The van der Waals surface area contributed by atoms with Crippen LogP contribution in [0.15, 0.2) is 16.6 Å². The number of ether oxygens (including phenoxy) is 1. The van der Waals surface area contributed by atoms with E-state index in [2.05, 4.69) is 15.9 Å². The van der Waals surface area contributed by atoms with Crippen molar-refractivity contribution in [2.45, 2.75) is 12.8 Å². The van der Waals surface area contributed by atoms with Crippen LogP contribution in [0, 0.1) is 0 Å². The minimum absolute atomic E-state index is 0.0122. The summed E-state index contributed by atoms with van der Waals surface area (Å²) < 4.78 is 30.8. The summed E-state index contributed by atoms with van der Waals surface area (Å²) in [6.45, 7) is 0.505. The zero-order chi connectivity index (χ0) is 9.42. The maximum Gasteiger partial charge on any atom is 0.267 e. The van der Waals surface area contributed by atoms with Crippen molar-refractivity contribution in [2.24, 2.45) is 0 Å². The number of benzene rings is 1. The van der Waals surface area contributed by atoms with E-state index in [9.17, 15) is 8.78 Å². The van der Waals surface area contributed by atoms with Gasteiger partial charge in [-0.1, -0.05) is 15.9 Å². The van der Waals surface area contributed by atoms with Crippen LogP contribution in [0.2, 0.25) is 0 Å². The van der Waals surface area contributed by atoms with Crippen LogP contribution in [0.3, 0.4) is 0 Å². The number of alkyl halides is 2. The Kier molecular flexibility index (Phi) is 2.24. The lowest BCUT2D eigenvalue weighted by Crippen LogP contribution is -1.92. The summed E-state index contributed by atoms with van der Waals surface area (Å²) in [5.41, 5.74) is 0.853. The van der Waals surface area contributed by atoms with Crippen molar-refractivity contribution in [3.63, 3.8) is 0 Å². The van der Waals surface area contributed by atoms with Crippen LogP contribution in [0.4, 0.5) is 8.78 Å². The highest BCUT2D eigenvalue weighted by atomic mass is 79.9. The van der Waals surface area contributed by atoms with Gasteiger partial charge in [0.05, 0.1) is 12.2 Å². The molecule has 1 heterocycles. The molecule has 2 rings (SSSR count). The van der Waals surface area contributed by atoms with Gasteiger partial charge in [-0.25, -0.2) is 8.78 Å². The zero-order valence-corrected chi connectivity index (χ0v) is 8.27. The molecular weight excluding hydrogens is 242 g/mol. The van der Waals surface area contributed by atoms with Gasteiger partial charge in [-0.05, 0) is 17.7 Å². The molecule has 70 valence electrons. The number of rotatable bonds is 1. The predicted molar refractivity (Wildman–Crippen MR) is 48.3 cm³/mol. The molecule has 0 unspecified atom stereocenters. The third-order valence-electron chi connectivity index (χ3n) is 2.01. The summed E-state index contributed by atoms with van der Waals surface area (Å²) in [6, 6.07) is 3.24. The summed E-state index contributed by atoms with van der Waals surface area (Å²) in [4.78, 5) is 0. The Morgan fingerprint density at radius 1 is 1.38 bits per heavy atom. The Balaban J connectivity index is 2.55. The Hall–Kier alpha value is -0.640. The molecule has 13 heavy (non-hydrogen) atoms. The topological polar surface area (TPSA) is 9.23 Å². The van der Waals surface area contributed by atoms with Gasteiger partial charge in [0.25, 0.3) is 6.43 Å². The number of fused-ring (bicyclic) bond motifs is 1. The van der Waals surface area contributed by atoms with E-state index >= 15 is 0 Å². The smallest absolute Gasteiger partial charge is 0.267 e. The van der Waals surface area contributed by atoms with E-state index in [1.54, 1.807) is 0 Å². The van der Waals surface area contributed by atoms with Crippen molar-refractivity contribution in [1.82, 2.24) is 0 Å². The van der Waals surface area contributed by atoms with Crippen molar-refractivity contribution in [1.29, 1.82) is 0 Å². The molecule has 0 saturated carbocycles. The minimum atomic E-state index is -2.47. The summed E-state index contributed by atoms with van der Waals surface area (Å²) >= 11 is 3.20. The summed E-state index contributed by atoms with van der Waals surface area (Å²) in [5.74, 6) is 0.373. The number of hydrogen-bond donors (Lipinski definition) is 0. The second-order valence-electron chi connectivity index (χ2n) is 2.88. The van der Waals surface area contributed by atoms with E-state index < -0.39 is 6.43 Å². The first kappa shape index (κ1) is 8.94. The molecule has 1 aliphatic rings. The van der Waals surface area contributed by atoms with Gasteiger partial charge in [-0.2, -0.15) is 0 Å². The zero-order valence-electron chi connectivity index (χ0n) is 6.69. The van der Waals surface area contributed by atoms with Crippen molar-refractivity contribution in [2.75, 3.05) is 6.61 Å². The molecule has 0 saturated heterocycles. The van der Waals surface area contributed by atoms with E-state index in [4.69, 9.17) is 4.74 Å². The fourth-order valence-corrected chi connectivity index (χ4v) is 1.98. The third-order valence-corrected chi connectivity index (χ3v) is 2.47. The predicted octanol–water partition coefficient (Wildman–Crippen LogP) is 3.32. The van der Waals surface area contributed by atoms with Gasteiger partial charge in [0.1, 0.15) is 5.75 Å². The standard InChI is InChI=1S/C9H7BrF2O/c10-6-3-5-1-2-13-8(5)7(4-6)9(11)12/h3-4,9H,1-2H2. The maximum atomic E-state index is 12.5. The third kappa shape index (κ3) is 1.55. The van der Waals surface area contributed by atoms with Crippen LogP contribution < -0.4 is 4.74 Å². The average molecular weight is 249 g/mol. The molecule has 1 aromatic carbocycles. The fraction of sp³-hybridized carbons (Fsp3) is 0.333. The SMILES string of the molecule is FC(F)c1cc(Br)cc2c1OCC2. The molecule has 1 nitrogen and oxygen atoms in total. The van der Waals surface area contributed by atoms with E-state index in [-0.39, 0.29) is 5.56 Å². The molecule has 0 bridgehead atoms. The average Bonchev–Trinajstić information content (AvgIpc) is 2.49. The van der Waals surface area contributed by atoms with Gasteiger partial charge in [-0.15, -0.1) is 0 Å². The van der Waals surface area contributed by atoms with Crippen LogP contribution >= 0.6 is 15.9 Å². The monoisotopic (exact) mass is 248 g/mol. The highest BCUT2D eigenvalue weighted by Crippen LogP contribution is 2.38. The molecule has 0 aliphatic carbocycles. The van der Waals surface area contributed by atoms with Gasteiger partial charge in [0.2, 0.25) is 0 Å². The molecule has 0 atom stereocenters. The van der Waals surface area contributed by atoms with Crippen LogP contribution in [0.25, 0.3) is 0 Å². The molecular formula is C9H7BrF2O. The quantitative estimate of drug-likeness (QED) is 0.741. The molecule has 4 heteroatoms. The fourth-order valence-electron chi connectivity index (χ4n) is 1.46. The molecule has 1 aliphatic heterocycles. The van der Waals surface area contributed by atoms with Crippen molar-refractivity contribution < 1.29 is 13.5 Å². The largest absolute Gasteiger partial charge is 0.492 e. The number of halogens is 3. The molecule has 0 spiro atoms. The Morgan fingerprint density at radius 3 is 2.85 bits per heavy atom. The molecule has 0 amide bonds. The summed E-state index contributed by atoms with van der Waals surface area (Å²) in [5, 5.41) is 0. The van der Waals surface area contributed by atoms with Crippen molar-refractivity contribution in [3.05, 3.63) is 27.7 Å². The molecule has 0 N–H and O–H groups in total. The lowest BCUT2D eigenvalue weighted by molar-refractivity contribution is 0.146. The van der Waals surface area contributed by atoms with Crippen molar-refractivity contribution in [3.8, 4) is 5.75 Å². The summed E-state index contributed by atoms with van der Waals surface area (Å²) in [7, 11) is 0. The lowest BCUT2D eigenvalue weighted by atomic mass is 10.1. The molecule has 0 fully saturated rings. The van der Waals surface area contributed by atoms with Crippen LogP contribution in [-0.2, 0) is 6.42 Å². The molecule has 1 aromatic rings. The molecule has 0 aromatic heterocycles. The Bertz CT molecular complexity index is 339. The highest BCUT2D eigenvalue weighted by Gasteiger charge is 2.22. The first-order valence-electron chi connectivity index (χ1n) is 3.92. The minimum Gasteiger partial charge on any atom is -0.492 e. The van der Waals surface area contributed by atoms with Gasteiger partial charge in [-0.3, -0.25) is 0 Å². The molecule has 0 radical (unpaired) electrons. The Labute approximate surface area is 82.8 Å². The first-order valence-corrected chi connectivity index (χ1v) is 4.71. The Morgan fingerprint density at radius 2 is 2.15 bits per heavy atom. The van der Waals surface area contributed by atoms with Crippen LogP contribution in [-0.4, -0.2) is 6.61 Å². The van der Waals surface area contributed by atoms with E-state index in [1.165, 1.54) is 6.07 Å². The highest BCUT2D eigenvalue weighted by molar-refractivity contribution is 9.10. The number of hydrogen-bond acceptors (Lipinski definition) is 1. The van der Waals surface area contributed by atoms with Crippen LogP contribution in [0.1, 0.15) is 17.6 Å². The van der Waals surface area contributed by atoms with E-state index in [0.29, 0.717) is 23.2 Å². The van der Waals surface area contributed by atoms with Crippen LogP contribution in [0.5, 0.6) is 5.75 Å². The second-order valence-corrected chi connectivity index (χ2v) is 3.80. The van der Waals surface area contributed by atoms with E-state index in [0.717, 1.165) is 5.56 Å². The normalized spacial score (nSPS) is 14.5. The summed E-state index contributed by atoms with van der Waals surface area (Å²) in [6.07, 6.45) is -1.75. The van der Waals surface area contributed by atoms with Gasteiger partial charge >= 0.3 is 0 Å².